The molecule has 0 saturated carbocycles. The van der Waals surface area contributed by atoms with Crippen LogP contribution in [0.25, 0.3) is 0 Å². The van der Waals surface area contributed by atoms with Gasteiger partial charge in [-0.1, -0.05) is 0 Å². The Morgan fingerprint density at radius 3 is 2.88 bits per heavy atom. The summed E-state index contributed by atoms with van der Waals surface area (Å²) in [5.74, 6) is 0.190. The van der Waals surface area contributed by atoms with E-state index in [4.69, 9.17) is 5.26 Å². The second kappa shape index (κ2) is 4.14. The Balaban J connectivity index is 2.21. The molecule has 0 radical (unpaired) electrons. The van der Waals surface area contributed by atoms with E-state index in [-0.39, 0.29) is 5.82 Å². The molecule has 0 amide bonds. The van der Waals surface area contributed by atoms with Gasteiger partial charge in [0.05, 0.1) is 24.8 Å². The third kappa shape index (κ3) is 1.93. The van der Waals surface area contributed by atoms with Crippen LogP contribution in [0, 0.1) is 11.3 Å². The molecule has 0 aromatic carbocycles. The van der Waals surface area contributed by atoms with Gasteiger partial charge in [-0.3, -0.25) is 0 Å². The van der Waals surface area contributed by atoms with E-state index < -0.39 is 0 Å². The topological polar surface area (TPSA) is 72.3 Å². The van der Waals surface area contributed by atoms with E-state index in [1.807, 2.05) is 6.07 Å². The largest absolute Gasteiger partial charge is 0.330 e. The fraction of sp³-hybridized carbons (Fsp3) is 0.400. The molecular weight excluding hydrogens is 204 g/mol. The number of rotatable bonds is 3. The average molecular weight is 216 g/mol. The van der Waals surface area contributed by atoms with E-state index >= 15 is 0 Å². The summed E-state index contributed by atoms with van der Waals surface area (Å²) >= 11 is 0. The fourth-order valence-electron chi connectivity index (χ4n) is 1.51. The Morgan fingerprint density at radius 1 is 1.44 bits per heavy atom. The highest BCUT2D eigenvalue weighted by molar-refractivity contribution is 5.06. The number of hydrogen-bond acceptors (Lipinski definition) is 4. The molecule has 16 heavy (non-hydrogen) atoms. The lowest BCUT2D eigenvalue weighted by atomic mass is 10.3. The molecule has 0 fully saturated rings. The third-order valence-corrected chi connectivity index (χ3v) is 2.26. The maximum Gasteiger partial charge on any atom is 0.252 e. The highest BCUT2D eigenvalue weighted by atomic mass is 15.3. The molecule has 0 aliphatic heterocycles. The van der Waals surface area contributed by atoms with Gasteiger partial charge in [0.1, 0.15) is 12.4 Å². The summed E-state index contributed by atoms with van der Waals surface area (Å²) in [4.78, 5) is 7.95. The minimum Gasteiger partial charge on any atom is -0.330 e. The molecule has 2 rings (SSSR count). The Hall–Kier alpha value is -2.16. The number of imidazole rings is 1. The van der Waals surface area contributed by atoms with Crippen LogP contribution < -0.4 is 0 Å². The highest BCUT2D eigenvalue weighted by Crippen LogP contribution is 2.09. The molecule has 0 spiro atoms. The van der Waals surface area contributed by atoms with Crippen LogP contribution in [0.5, 0.6) is 0 Å². The van der Waals surface area contributed by atoms with E-state index in [1.165, 1.54) is 0 Å². The molecule has 6 heteroatoms. The monoisotopic (exact) mass is 216 g/mol. The van der Waals surface area contributed by atoms with Gasteiger partial charge in [0, 0.05) is 6.04 Å². The molecule has 6 nitrogen and oxygen atoms in total. The van der Waals surface area contributed by atoms with E-state index in [0.29, 0.717) is 12.6 Å². The standard InChI is InChI=1S/C10H12N6/c1-8(2)16-6-12-4-9(16)5-15-7-13-10(3-11)14-15/h4,6-8H,5H2,1-2H3. The average Bonchev–Trinajstić information content (AvgIpc) is 2.87. The molecule has 0 aliphatic carbocycles. The first kappa shape index (κ1) is 10.4. The van der Waals surface area contributed by atoms with Crippen molar-refractivity contribution in [3.63, 3.8) is 0 Å². The summed E-state index contributed by atoms with van der Waals surface area (Å²) in [6.45, 7) is 4.76. The van der Waals surface area contributed by atoms with E-state index in [2.05, 4.69) is 33.5 Å². The van der Waals surface area contributed by atoms with Crippen LogP contribution in [0.15, 0.2) is 18.9 Å². The smallest absolute Gasteiger partial charge is 0.252 e. The van der Waals surface area contributed by atoms with Crippen LogP contribution in [0.3, 0.4) is 0 Å². The van der Waals surface area contributed by atoms with Gasteiger partial charge in [0.25, 0.3) is 5.82 Å². The first-order valence-electron chi connectivity index (χ1n) is 5.01. The zero-order valence-corrected chi connectivity index (χ0v) is 9.20. The Bertz CT molecular complexity index is 515. The summed E-state index contributed by atoms with van der Waals surface area (Å²) in [6, 6.07) is 2.26. The third-order valence-electron chi connectivity index (χ3n) is 2.26. The Kier molecular flexibility index (Phi) is 2.68. The second-order valence-electron chi connectivity index (χ2n) is 3.76. The van der Waals surface area contributed by atoms with Crippen molar-refractivity contribution in [2.24, 2.45) is 0 Å². The number of nitriles is 1. The van der Waals surface area contributed by atoms with E-state index in [9.17, 15) is 0 Å². The fourth-order valence-corrected chi connectivity index (χ4v) is 1.51. The molecule has 0 bridgehead atoms. The molecule has 0 aliphatic rings. The van der Waals surface area contributed by atoms with Gasteiger partial charge in [0.15, 0.2) is 0 Å². The maximum absolute atomic E-state index is 8.61. The van der Waals surface area contributed by atoms with Crippen molar-refractivity contribution in [2.45, 2.75) is 26.4 Å². The van der Waals surface area contributed by atoms with Crippen LogP contribution in [0.1, 0.15) is 31.4 Å². The quantitative estimate of drug-likeness (QED) is 0.766. The lowest BCUT2D eigenvalue weighted by Crippen LogP contribution is -2.09. The van der Waals surface area contributed by atoms with Crippen LogP contribution in [-0.2, 0) is 6.54 Å². The van der Waals surface area contributed by atoms with Gasteiger partial charge in [-0.2, -0.15) is 5.26 Å². The summed E-state index contributed by atoms with van der Waals surface area (Å²) in [6.07, 6.45) is 5.14. The van der Waals surface area contributed by atoms with Crippen LogP contribution in [0.4, 0.5) is 0 Å². The van der Waals surface area contributed by atoms with Crippen molar-refractivity contribution in [2.75, 3.05) is 0 Å². The number of hydrogen-bond donors (Lipinski definition) is 0. The minimum atomic E-state index is 0.190. The number of aromatic nitrogens is 5. The maximum atomic E-state index is 8.61. The molecule has 0 saturated heterocycles. The molecular formula is C10H12N6. The number of nitrogens with zero attached hydrogens (tertiary/aromatic N) is 6. The van der Waals surface area contributed by atoms with E-state index in [1.54, 1.807) is 23.5 Å². The molecule has 0 N–H and O–H groups in total. The predicted octanol–water partition coefficient (Wildman–Crippen LogP) is 0.975. The Morgan fingerprint density at radius 2 is 2.25 bits per heavy atom. The highest BCUT2D eigenvalue weighted by Gasteiger charge is 2.07. The zero-order valence-electron chi connectivity index (χ0n) is 9.20. The van der Waals surface area contributed by atoms with Crippen molar-refractivity contribution in [3.8, 4) is 6.07 Å². The van der Waals surface area contributed by atoms with Crippen LogP contribution in [-0.4, -0.2) is 24.3 Å². The van der Waals surface area contributed by atoms with Crippen molar-refractivity contribution < 1.29 is 0 Å². The van der Waals surface area contributed by atoms with E-state index in [0.717, 1.165) is 5.69 Å². The van der Waals surface area contributed by atoms with Crippen molar-refractivity contribution >= 4 is 0 Å². The SMILES string of the molecule is CC(C)n1cncc1Cn1cnc(C#N)n1. The first-order chi connectivity index (χ1) is 7.70. The lowest BCUT2D eigenvalue weighted by Gasteiger charge is -2.10. The zero-order chi connectivity index (χ0) is 11.5. The summed E-state index contributed by atoms with van der Waals surface area (Å²) < 4.78 is 3.70. The van der Waals surface area contributed by atoms with Gasteiger partial charge in [-0.05, 0) is 13.8 Å². The molecule has 2 aromatic heterocycles. The van der Waals surface area contributed by atoms with Crippen molar-refractivity contribution in [3.05, 3.63) is 30.4 Å². The second-order valence-corrected chi connectivity index (χ2v) is 3.76. The van der Waals surface area contributed by atoms with Gasteiger partial charge in [-0.25, -0.2) is 14.6 Å². The minimum absolute atomic E-state index is 0.190. The molecule has 0 unspecified atom stereocenters. The first-order valence-corrected chi connectivity index (χ1v) is 5.01. The molecule has 2 aromatic rings. The van der Waals surface area contributed by atoms with Crippen LogP contribution >= 0.6 is 0 Å². The Labute approximate surface area is 93.2 Å². The normalized spacial score (nSPS) is 10.6. The summed E-state index contributed by atoms with van der Waals surface area (Å²) in [7, 11) is 0. The van der Waals surface area contributed by atoms with Crippen molar-refractivity contribution in [1.29, 1.82) is 5.26 Å². The van der Waals surface area contributed by atoms with Gasteiger partial charge < -0.3 is 4.57 Å². The molecule has 82 valence electrons. The molecule has 0 atom stereocenters. The predicted molar refractivity (Wildman–Crippen MR) is 56.5 cm³/mol. The van der Waals surface area contributed by atoms with Crippen molar-refractivity contribution in [1.82, 2.24) is 24.3 Å². The van der Waals surface area contributed by atoms with Gasteiger partial charge in [0.2, 0.25) is 0 Å². The van der Waals surface area contributed by atoms with Gasteiger partial charge >= 0.3 is 0 Å². The molecule has 2 heterocycles. The van der Waals surface area contributed by atoms with Crippen LogP contribution in [0.2, 0.25) is 0 Å². The summed E-state index contributed by atoms with van der Waals surface area (Å²) in [5, 5.41) is 12.6. The summed E-state index contributed by atoms with van der Waals surface area (Å²) in [5.41, 5.74) is 1.05. The van der Waals surface area contributed by atoms with Gasteiger partial charge in [-0.15, -0.1) is 5.10 Å². The lowest BCUT2D eigenvalue weighted by molar-refractivity contribution is 0.547.